The van der Waals surface area contributed by atoms with Crippen molar-refractivity contribution in [3.8, 4) is 0 Å². The SMILES string of the molecule is CCCC(CC)Nc1ccc(N2CCCC2)nc1. The zero-order chi connectivity index (χ0) is 12.8. The van der Waals surface area contributed by atoms with Crippen LogP contribution in [0, 0.1) is 0 Å². The first-order chi connectivity index (χ1) is 8.83. The Labute approximate surface area is 111 Å². The van der Waals surface area contributed by atoms with Gasteiger partial charge in [-0.05, 0) is 37.8 Å². The molecular formula is C15H25N3. The van der Waals surface area contributed by atoms with Crippen molar-refractivity contribution in [2.24, 2.45) is 0 Å². The van der Waals surface area contributed by atoms with E-state index >= 15 is 0 Å². The second kappa shape index (κ2) is 6.62. The van der Waals surface area contributed by atoms with Gasteiger partial charge in [-0.2, -0.15) is 0 Å². The number of hydrogen-bond acceptors (Lipinski definition) is 3. The Morgan fingerprint density at radius 3 is 2.61 bits per heavy atom. The van der Waals surface area contributed by atoms with Gasteiger partial charge in [-0.25, -0.2) is 4.98 Å². The number of aromatic nitrogens is 1. The lowest BCUT2D eigenvalue weighted by Crippen LogP contribution is -2.20. The molecule has 18 heavy (non-hydrogen) atoms. The highest BCUT2D eigenvalue weighted by molar-refractivity contribution is 5.49. The van der Waals surface area contributed by atoms with Crippen LogP contribution in [-0.4, -0.2) is 24.1 Å². The highest BCUT2D eigenvalue weighted by Crippen LogP contribution is 2.20. The van der Waals surface area contributed by atoms with Crippen LogP contribution in [0.15, 0.2) is 18.3 Å². The zero-order valence-corrected chi connectivity index (χ0v) is 11.7. The summed E-state index contributed by atoms with van der Waals surface area (Å²) < 4.78 is 0. The molecular weight excluding hydrogens is 222 g/mol. The van der Waals surface area contributed by atoms with E-state index in [1.54, 1.807) is 0 Å². The van der Waals surface area contributed by atoms with Gasteiger partial charge >= 0.3 is 0 Å². The van der Waals surface area contributed by atoms with E-state index in [1.807, 2.05) is 6.20 Å². The van der Waals surface area contributed by atoms with Crippen molar-refractivity contribution >= 4 is 11.5 Å². The predicted octanol–water partition coefficient (Wildman–Crippen LogP) is 3.67. The molecule has 0 aromatic carbocycles. The minimum absolute atomic E-state index is 0.578. The molecule has 1 aromatic heterocycles. The number of anilines is 2. The van der Waals surface area contributed by atoms with E-state index in [4.69, 9.17) is 0 Å². The van der Waals surface area contributed by atoms with Gasteiger partial charge in [0.05, 0.1) is 11.9 Å². The monoisotopic (exact) mass is 247 g/mol. The van der Waals surface area contributed by atoms with Gasteiger partial charge in [-0.15, -0.1) is 0 Å². The van der Waals surface area contributed by atoms with E-state index in [-0.39, 0.29) is 0 Å². The van der Waals surface area contributed by atoms with Crippen molar-refractivity contribution in [1.29, 1.82) is 0 Å². The van der Waals surface area contributed by atoms with Crippen molar-refractivity contribution in [2.75, 3.05) is 23.3 Å². The third kappa shape index (κ3) is 3.37. The molecule has 1 saturated heterocycles. The molecule has 3 heteroatoms. The fourth-order valence-corrected chi connectivity index (χ4v) is 2.57. The van der Waals surface area contributed by atoms with Crippen LogP contribution in [0.3, 0.4) is 0 Å². The Hall–Kier alpha value is -1.25. The average Bonchev–Trinajstić information content (AvgIpc) is 2.93. The maximum absolute atomic E-state index is 4.57. The van der Waals surface area contributed by atoms with Crippen molar-refractivity contribution in [1.82, 2.24) is 4.98 Å². The molecule has 0 spiro atoms. The van der Waals surface area contributed by atoms with Crippen LogP contribution in [0.25, 0.3) is 0 Å². The first-order valence-electron chi connectivity index (χ1n) is 7.31. The van der Waals surface area contributed by atoms with Crippen LogP contribution < -0.4 is 10.2 Å². The molecule has 0 saturated carbocycles. The molecule has 1 fully saturated rings. The largest absolute Gasteiger partial charge is 0.381 e. The maximum atomic E-state index is 4.57. The van der Waals surface area contributed by atoms with E-state index in [0.29, 0.717) is 6.04 Å². The fourth-order valence-electron chi connectivity index (χ4n) is 2.57. The molecule has 2 heterocycles. The van der Waals surface area contributed by atoms with Gasteiger partial charge in [0.15, 0.2) is 0 Å². The molecule has 0 bridgehead atoms. The maximum Gasteiger partial charge on any atom is 0.128 e. The number of pyridine rings is 1. The summed E-state index contributed by atoms with van der Waals surface area (Å²) in [6.45, 7) is 6.79. The minimum atomic E-state index is 0.578. The standard InChI is InChI=1S/C15H25N3/c1-3-7-13(4-2)17-14-8-9-15(16-12-14)18-10-5-6-11-18/h8-9,12-13,17H,3-7,10-11H2,1-2H3. The van der Waals surface area contributed by atoms with Crippen molar-refractivity contribution in [3.05, 3.63) is 18.3 Å². The van der Waals surface area contributed by atoms with E-state index in [0.717, 1.165) is 24.6 Å². The van der Waals surface area contributed by atoms with Gasteiger partial charge in [0, 0.05) is 19.1 Å². The molecule has 1 aromatic rings. The second-order valence-corrected chi connectivity index (χ2v) is 5.14. The summed E-state index contributed by atoms with van der Waals surface area (Å²) in [5, 5.41) is 3.57. The number of nitrogens with zero attached hydrogens (tertiary/aromatic N) is 2. The van der Waals surface area contributed by atoms with Gasteiger partial charge in [-0.3, -0.25) is 0 Å². The molecule has 1 unspecified atom stereocenters. The molecule has 0 amide bonds. The van der Waals surface area contributed by atoms with Gasteiger partial charge < -0.3 is 10.2 Å². The van der Waals surface area contributed by atoms with Crippen LogP contribution in [0.1, 0.15) is 46.0 Å². The van der Waals surface area contributed by atoms with E-state index in [1.165, 1.54) is 32.1 Å². The molecule has 0 radical (unpaired) electrons. The molecule has 1 N–H and O–H groups in total. The number of hydrogen-bond donors (Lipinski definition) is 1. The van der Waals surface area contributed by atoms with Crippen LogP contribution in [0.2, 0.25) is 0 Å². The van der Waals surface area contributed by atoms with Crippen LogP contribution in [0.4, 0.5) is 11.5 Å². The molecule has 0 aliphatic carbocycles. The van der Waals surface area contributed by atoms with Crippen molar-refractivity contribution < 1.29 is 0 Å². The van der Waals surface area contributed by atoms with Crippen LogP contribution in [-0.2, 0) is 0 Å². The lowest BCUT2D eigenvalue weighted by molar-refractivity contribution is 0.622. The summed E-state index contributed by atoms with van der Waals surface area (Å²) in [6.07, 6.45) is 8.20. The lowest BCUT2D eigenvalue weighted by Gasteiger charge is -2.19. The Bertz CT molecular complexity index is 341. The van der Waals surface area contributed by atoms with E-state index in [9.17, 15) is 0 Å². The summed E-state index contributed by atoms with van der Waals surface area (Å²) in [4.78, 5) is 6.94. The Balaban J connectivity index is 1.94. The third-order valence-electron chi connectivity index (χ3n) is 3.68. The molecule has 3 nitrogen and oxygen atoms in total. The van der Waals surface area contributed by atoms with Crippen molar-refractivity contribution in [2.45, 2.75) is 52.0 Å². The summed E-state index contributed by atoms with van der Waals surface area (Å²) in [5.74, 6) is 1.13. The first kappa shape index (κ1) is 13.2. The highest BCUT2D eigenvalue weighted by Gasteiger charge is 2.13. The summed E-state index contributed by atoms with van der Waals surface area (Å²) in [6, 6.07) is 4.89. The summed E-state index contributed by atoms with van der Waals surface area (Å²) in [5.41, 5.74) is 1.15. The molecule has 1 aliphatic heterocycles. The molecule has 2 rings (SSSR count). The minimum Gasteiger partial charge on any atom is -0.381 e. The topological polar surface area (TPSA) is 28.2 Å². The zero-order valence-electron chi connectivity index (χ0n) is 11.7. The Morgan fingerprint density at radius 1 is 1.28 bits per heavy atom. The van der Waals surface area contributed by atoms with Gasteiger partial charge in [0.25, 0.3) is 0 Å². The Kier molecular flexibility index (Phi) is 4.85. The van der Waals surface area contributed by atoms with Crippen LogP contribution >= 0.6 is 0 Å². The number of rotatable bonds is 6. The predicted molar refractivity (Wildman–Crippen MR) is 78.3 cm³/mol. The lowest BCUT2D eigenvalue weighted by atomic mass is 10.1. The molecule has 1 atom stereocenters. The van der Waals surface area contributed by atoms with E-state index < -0.39 is 0 Å². The first-order valence-corrected chi connectivity index (χ1v) is 7.31. The van der Waals surface area contributed by atoms with Gasteiger partial charge in [0.2, 0.25) is 0 Å². The average molecular weight is 247 g/mol. The molecule has 1 aliphatic rings. The fraction of sp³-hybridized carbons (Fsp3) is 0.667. The second-order valence-electron chi connectivity index (χ2n) is 5.14. The van der Waals surface area contributed by atoms with Crippen LogP contribution in [0.5, 0.6) is 0 Å². The van der Waals surface area contributed by atoms with Gasteiger partial charge in [0.1, 0.15) is 5.82 Å². The van der Waals surface area contributed by atoms with Crippen molar-refractivity contribution in [3.63, 3.8) is 0 Å². The Morgan fingerprint density at radius 2 is 2.06 bits per heavy atom. The normalized spacial score (nSPS) is 16.9. The van der Waals surface area contributed by atoms with Gasteiger partial charge in [-0.1, -0.05) is 20.3 Å². The smallest absolute Gasteiger partial charge is 0.128 e. The summed E-state index contributed by atoms with van der Waals surface area (Å²) >= 11 is 0. The molecule has 100 valence electrons. The van der Waals surface area contributed by atoms with E-state index in [2.05, 4.69) is 41.2 Å². The highest BCUT2D eigenvalue weighted by atomic mass is 15.2. The summed E-state index contributed by atoms with van der Waals surface area (Å²) in [7, 11) is 0. The third-order valence-corrected chi connectivity index (χ3v) is 3.68. The number of nitrogens with one attached hydrogen (secondary N) is 1. The quantitative estimate of drug-likeness (QED) is 0.831.